The highest BCUT2D eigenvalue weighted by Crippen LogP contribution is 2.37. The highest BCUT2D eigenvalue weighted by molar-refractivity contribution is 8.13. The minimum Gasteiger partial charge on any atom is -0.287 e. The second-order valence-electron chi connectivity index (χ2n) is 10.8. The van der Waals surface area contributed by atoms with Crippen LogP contribution in [0.4, 0.5) is 10.1 Å². The van der Waals surface area contributed by atoms with Gasteiger partial charge in [-0.1, -0.05) is 85.7 Å². The monoisotopic (exact) mass is 513 g/mol. The van der Waals surface area contributed by atoms with Crippen molar-refractivity contribution in [2.45, 2.75) is 86.5 Å². The zero-order chi connectivity index (χ0) is 26.3. The summed E-state index contributed by atoms with van der Waals surface area (Å²) in [6, 6.07) is 2.47. The first-order valence-electron chi connectivity index (χ1n) is 12.2. The van der Waals surface area contributed by atoms with Crippen LogP contribution in [-0.2, 0) is 14.4 Å². The molecular formula is C27H41ClFNO3S. The molecule has 1 rings (SSSR count). The molecule has 0 N–H and O–H groups in total. The van der Waals surface area contributed by atoms with Crippen molar-refractivity contribution < 1.29 is 18.8 Å². The van der Waals surface area contributed by atoms with Crippen molar-refractivity contribution >= 4 is 46.0 Å². The molecule has 0 radical (unpaired) electrons. The number of carbonyl (C=O) groups is 3. The molecule has 0 heterocycles. The van der Waals surface area contributed by atoms with Crippen LogP contribution >= 0.6 is 23.4 Å². The number of carbonyl (C=O) groups excluding carboxylic acids is 3. The minimum atomic E-state index is -0.757. The summed E-state index contributed by atoms with van der Waals surface area (Å²) >= 11 is 7.22. The summed E-state index contributed by atoms with van der Waals surface area (Å²) in [6.07, 6.45) is 1.87. The maximum atomic E-state index is 15.2. The topological polar surface area (TPSA) is 54.5 Å². The van der Waals surface area contributed by atoms with E-state index in [1.54, 1.807) is 13.8 Å². The minimum absolute atomic E-state index is 0.0845. The average molecular weight is 514 g/mol. The lowest BCUT2D eigenvalue weighted by Gasteiger charge is -2.29. The summed E-state index contributed by atoms with van der Waals surface area (Å²) in [7, 11) is 0. The van der Waals surface area contributed by atoms with E-state index in [4.69, 9.17) is 11.6 Å². The van der Waals surface area contributed by atoms with Gasteiger partial charge in [0.1, 0.15) is 5.82 Å². The number of hydrogen-bond donors (Lipinski definition) is 0. The van der Waals surface area contributed by atoms with Gasteiger partial charge in [0.05, 0.1) is 10.7 Å². The van der Waals surface area contributed by atoms with E-state index < -0.39 is 29.5 Å². The fraction of sp³-hybridized carbons (Fsp3) is 0.667. The van der Waals surface area contributed by atoms with Crippen LogP contribution in [0.3, 0.4) is 0 Å². The molecule has 34 heavy (non-hydrogen) atoms. The third-order valence-electron chi connectivity index (χ3n) is 5.61. The van der Waals surface area contributed by atoms with Crippen LogP contribution in [0.25, 0.3) is 0 Å². The average Bonchev–Trinajstić information content (AvgIpc) is 2.69. The van der Waals surface area contributed by atoms with E-state index in [9.17, 15) is 14.4 Å². The van der Waals surface area contributed by atoms with Gasteiger partial charge in [0.25, 0.3) is 0 Å². The van der Waals surface area contributed by atoms with E-state index in [0.29, 0.717) is 23.7 Å². The number of amides is 2. The SMILES string of the molecule is CC(C)CC(C)C(=O)Sc1cc(N(C(=O)C(C)CC(C)C)C(=O)C(C)CC(C)C)c(F)cc1Cl. The molecule has 0 spiro atoms. The largest absolute Gasteiger partial charge is 0.287 e. The van der Waals surface area contributed by atoms with Gasteiger partial charge in [-0.15, -0.1) is 0 Å². The molecule has 2 amide bonds. The zero-order valence-electron chi connectivity index (χ0n) is 22.1. The first kappa shape index (κ1) is 30.6. The molecule has 192 valence electrons. The molecule has 1 aromatic rings. The Morgan fingerprint density at radius 1 is 0.794 bits per heavy atom. The second-order valence-corrected chi connectivity index (χ2v) is 12.2. The van der Waals surface area contributed by atoms with E-state index in [2.05, 4.69) is 0 Å². The molecule has 0 aromatic heterocycles. The van der Waals surface area contributed by atoms with Crippen LogP contribution in [0.1, 0.15) is 81.6 Å². The Bertz CT molecular complexity index is 844. The van der Waals surface area contributed by atoms with Crippen LogP contribution in [0.15, 0.2) is 17.0 Å². The van der Waals surface area contributed by atoms with Crippen molar-refractivity contribution in [3.8, 4) is 0 Å². The molecule has 3 atom stereocenters. The van der Waals surface area contributed by atoms with Crippen LogP contribution < -0.4 is 4.90 Å². The predicted molar refractivity (Wildman–Crippen MR) is 141 cm³/mol. The summed E-state index contributed by atoms with van der Waals surface area (Å²) in [5, 5.41) is 0.000338. The summed E-state index contributed by atoms with van der Waals surface area (Å²) in [5.74, 6) is -1.93. The Morgan fingerprint density at radius 3 is 1.62 bits per heavy atom. The summed E-state index contributed by atoms with van der Waals surface area (Å²) in [6.45, 7) is 17.5. The van der Waals surface area contributed by atoms with Gasteiger partial charge < -0.3 is 0 Å². The van der Waals surface area contributed by atoms with E-state index in [-0.39, 0.29) is 33.6 Å². The van der Waals surface area contributed by atoms with Gasteiger partial charge in [-0.2, -0.15) is 0 Å². The fourth-order valence-electron chi connectivity index (χ4n) is 4.18. The quantitative estimate of drug-likeness (QED) is 0.281. The Balaban J connectivity index is 3.47. The molecule has 0 saturated carbocycles. The molecule has 7 heteroatoms. The van der Waals surface area contributed by atoms with Crippen LogP contribution in [0.2, 0.25) is 5.02 Å². The van der Waals surface area contributed by atoms with Crippen molar-refractivity contribution in [1.82, 2.24) is 0 Å². The Hall–Kier alpha value is -1.40. The zero-order valence-corrected chi connectivity index (χ0v) is 23.6. The molecular weight excluding hydrogens is 473 g/mol. The van der Waals surface area contributed by atoms with Crippen molar-refractivity contribution in [3.05, 3.63) is 23.0 Å². The maximum absolute atomic E-state index is 15.2. The Labute approximate surface area is 214 Å². The maximum Gasteiger partial charge on any atom is 0.236 e. The standard InChI is InChI=1S/C27H41ClFNO3S/c1-15(2)10-18(7)25(31)30(26(32)19(8)11-16(3)4)23-14-24(21(28)13-22(23)29)34-27(33)20(9)12-17(5)6/h13-20H,10-12H2,1-9H3. The molecule has 0 aliphatic carbocycles. The van der Waals surface area contributed by atoms with E-state index >= 15 is 4.39 Å². The van der Waals surface area contributed by atoms with Gasteiger partial charge in [-0.05, 0) is 49.1 Å². The molecule has 3 unspecified atom stereocenters. The van der Waals surface area contributed by atoms with Gasteiger partial charge in [-0.3, -0.25) is 14.4 Å². The lowest BCUT2D eigenvalue weighted by atomic mass is 9.94. The van der Waals surface area contributed by atoms with Gasteiger partial charge >= 0.3 is 0 Å². The van der Waals surface area contributed by atoms with Crippen molar-refractivity contribution in [1.29, 1.82) is 0 Å². The normalized spacial score (nSPS) is 14.4. The molecule has 0 saturated heterocycles. The van der Waals surface area contributed by atoms with Crippen molar-refractivity contribution in [2.24, 2.45) is 35.5 Å². The number of hydrogen-bond acceptors (Lipinski definition) is 4. The summed E-state index contributed by atoms with van der Waals surface area (Å²) < 4.78 is 15.2. The first-order chi connectivity index (χ1) is 15.6. The van der Waals surface area contributed by atoms with Gasteiger partial charge in [-0.25, -0.2) is 9.29 Å². The highest BCUT2D eigenvalue weighted by Gasteiger charge is 2.34. The number of benzene rings is 1. The van der Waals surface area contributed by atoms with E-state index in [0.717, 1.165) is 29.1 Å². The predicted octanol–water partition coefficient (Wildman–Crippen LogP) is 8.00. The van der Waals surface area contributed by atoms with Crippen molar-refractivity contribution in [3.63, 3.8) is 0 Å². The van der Waals surface area contributed by atoms with Crippen LogP contribution in [0.5, 0.6) is 0 Å². The number of imide groups is 1. The first-order valence-corrected chi connectivity index (χ1v) is 13.4. The molecule has 4 nitrogen and oxygen atoms in total. The van der Waals surface area contributed by atoms with Crippen LogP contribution in [0, 0.1) is 41.3 Å². The van der Waals surface area contributed by atoms with Gasteiger partial charge in [0, 0.05) is 22.6 Å². The number of rotatable bonds is 11. The molecule has 0 bridgehead atoms. The van der Waals surface area contributed by atoms with Gasteiger partial charge in [0.15, 0.2) is 5.12 Å². The number of thioether (sulfide) groups is 1. The smallest absolute Gasteiger partial charge is 0.236 e. The second kappa shape index (κ2) is 13.6. The highest BCUT2D eigenvalue weighted by atomic mass is 35.5. The van der Waals surface area contributed by atoms with Crippen molar-refractivity contribution in [2.75, 3.05) is 4.90 Å². The third-order valence-corrected chi connectivity index (χ3v) is 7.20. The molecule has 0 fully saturated rings. The summed E-state index contributed by atoms with van der Waals surface area (Å²) in [4.78, 5) is 41.0. The molecule has 0 aliphatic heterocycles. The van der Waals surface area contributed by atoms with Gasteiger partial charge in [0.2, 0.25) is 11.8 Å². The van der Waals surface area contributed by atoms with E-state index in [1.807, 2.05) is 48.5 Å². The Kier molecular flexibility index (Phi) is 12.3. The third kappa shape index (κ3) is 8.99. The lowest BCUT2D eigenvalue weighted by molar-refractivity contribution is -0.131. The molecule has 0 aliphatic rings. The number of halogens is 2. The van der Waals surface area contributed by atoms with Crippen LogP contribution in [-0.4, -0.2) is 16.9 Å². The summed E-state index contributed by atoms with van der Waals surface area (Å²) in [5.41, 5.74) is -0.141. The van der Waals surface area contributed by atoms with E-state index in [1.165, 1.54) is 6.07 Å². The number of anilines is 1. The Morgan fingerprint density at radius 2 is 1.21 bits per heavy atom. The fourth-order valence-corrected chi connectivity index (χ4v) is 5.29. The lowest BCUT2D eigenvalue weighted by Crippen LogP contribution is -2.44. The molecule has 1 aromatic carbocycles. The number of nitrogens with zero attached hydrogens (tertiary/aromatic N) is 1.